The van der Waals surface area contributed by atoms with E-state index in [1.807, 2.05) is 36.4 Å². The number of nitrogens with zero attached hydrogens (tertiary/aromatic N) is 1. The van der Waals surface area contributed by atoms with E-state index in [2.05, 4.69) is 5.32 Å². The first kappa shape index (κ1) is 21.3. The summed E-state index contributed by atoms with van der Waals surface area (Å²) < 4.78 is 15.5. The van der Waals surface area contributed by atoms with E-state index in [9.17, 15) is 9.59 Å². The predicted octanol–water partition coefficient (Wildman–Crippen LogP) is 5.02. The lowest BCUT2D eigenvalue weighted by molar-refractivity contribution is 0.0607. The number of esters is 1. The Kier molecular flexibility index (Phi) is 6.04. The number of anilines is 1. The maximum absolute atomic E-state index is 13.3. The van der Waals surface area contributed by atoms with Crippen molar-refractivity contribution in [2.45, 2.75) is 0 Å². The number of carbonyl (C=O) groups is 2. The molecule has 0 aliphatic carbocycles. The summed E-state index contributed by atoms with van der Waals surface area (Å²) in [5.41, 5.74) is 2.88. The van der Waals surface area contributed by atoms with E-state index in [4.69, 9.17) is 19.2 Å². The van der Waals surface area contributed by atoms with E-state index in [1.54, 1.807) is 37.8 Å². The molecule has 0 saturated carbocycles. The number of aromatic nitrogens is 1. The maximum Gasteiger partial charge on any atom is 0.350 e. The first-order valence-electron chi connectivity index (χ1n) is 9.65. The first-order valence-corrected chi connectivity index (χ1v) is 10.5. The molecule has 0 aliphatic heterocycles. The van der Waals surface area contributed by atoms with Crippen LogP contribution in [0.4, 0.5) is 5.69 Å². The molecule has 4 rings (SSSR count). The Hall–Kier alpha value is -3.91. The largest absolute Gasteiger partial charge is 0.493 e. The van der Waals surface area contributed by atoms with Gasteiger partial charge in [-0.05, 0) is 41.8 Å². The fourth-order valence-corrected chi connectivity index (χ4v) is 4.12. The molecule has 0 bridgehead atoms. The highest BCUT2D eigenvalue weighted by molar-refractivity contribution is 7.12. The monoisotopic (exact) mass is 448 g/mol. The Labute approximate surface area is 188 Å². The highest BCUT2D eigenvalue weighted by Gasteiger charge is 2.19. The van der Waals surface area contributed by atoms with Crippen LogP contribution in [0.5, 0.6) is 11.5 Å². The zero-order valence-electron chi connectivity index (χ0n) is 17.7. The van der Waals surface area contributed by atoms with Crippen LogP contribution < -0.4 is 14.8 Å². The van der Waals surface area contributed by atoms with Crippen molar-refractivity contribution < 1.29 is 23.8 Å². The van der Waals surface area contributed by atoms with Gasteiger partial charge in [0.05, 0.1) is 43.8 Å². The molecule has 8 heteroatoms. The van der Waals surface area contributed by atoms with Gasteiger partial charge in [-0.25, -0.2) is 9.78 Å². The van der Waals surface area contributed by atoms with Crippen molar-refractivity contribution in [3.8, 4) is 22.8 Å². The standard InChI is InChI=1S/C24H20N2O5S/c1-29-20-9-8-14(12-21(20)30-2)19-13-16(15-6-4-5-7-17(15)25-19)23(27)26-18-10-11-32-22(18)24(28)31-3/h4-13H,1-3H3,(H,26,27). The van der Waals surface area contributed by atoms with Gasteiger partial charge in [-0.15, -0.1) is 11.3 Å². The summed E-state index contributed by atoms with van der Waals surface area (Å²) in [5, 5.41) is 5.25. The molecule has 2 aromatic carbocycles. The molecule has 2 aromatic heterocycles. The Morgan fingerprint density at radius 1 is 0.938 bits per heavy atom. The molecule has 2 heterocycles. The topological polar surface area (TPSA) is 86.8 Å². The lowest BCUT2D eigenvalue weighted by Gasteiger charge is -2.12. The number of pyridine rings is 1. The third kappa shape index (κ3) is 4.00. The molecule has 1 N–H and O–H groups in total. The van der Waals surface area contributed by atoms with Crippen molar-refractivity contribution in [3.63, 3.8) is 0 Å². The number of hydrogen-bond acceptors (Lipinski definition) is 7. The van der Waals surface area contributed by atoms with Crippen LogP contribution >= 0.6 is 11.3 Å². The van der Waals surface area contributed by atoms with Crippen LogP contribution in [0.25, 0.3) is 22.2 Å². The van der Waals surface area contributed by atoms with E-state index in [0.29, 0.717) is 44.2 Å². The van der Waals surface area contributed by atoms with Crippen molar-refractivity contribution in [2.24, 2.45) is 0 Å². The number of thiophene rings is 1. The number of carbonyl (C=O) groups excluding carboxylic acids is 2. The Morgan fingerprint density at radius 3 is 2.47 bits per heavy atom. The molecule has 0 atom stereocenters. The SMILES string of the molecule is COC(=O)c1sccc1NC(=O)c1cc(-c2ccc(OC)c(OC)c2)nc2ccccc12. The lowest BCUT2D eigenvalue weighted by atomic mass is 10.0. The van der Waals surface area contributed by atoms with Crippen LogP contribution in [-0.4, -0.2) is 38.2 Å². The fourth-order valence-electron chi connectivity index (χ4n) is 3.35. The lowest BCUT2D eigenvalue weighted by Crippen LogP contribution is -2.15. The summed E-state index contributed by atoms with van der Waals surface area (Å²) in [5.74, 6) is 0.310. The highest BCUT2D eigenvalue weighted by Crippen LogP contribution is 2.33. The average Bonchev–Trinajstić information content (AvgIpc) is 3.30. The summed E-state index contributed by atoms with van der Waals surface area (Å²) >= 11 is 1.20. The van der Waals surface area contributed by atoms with Gasteiger partial charge in [0.2, 0.25) is 0 Å². The minimum absolute atomic E-state index is 0.333. The van der Waals surface area contributed by atoms with Crippen LogP contribution in [0.3, 0.4) is 0 Å². The molecule has 0 saturated heterocycles. The molecule has 0 spiro atoms. The molecule has 0 unspecified atom stereocenters. The summed E-state index contributed by atoms with van der Waals surface area (Å²) in [6, 6.07) is 16.3. The second-order valence-electron chi connectivity index (χ2n) is 6.75. The number of methoxy groups -OCH3 is 3. The third-order valence-electron chi connectivity index (χ3n) is 4.92. The van der Waals surface area contributed by atoms with Gasteiger partial charge in [-0.2, -0.15) is 0 Å². The van der Waals surface area contributed by atoms with Crippen molar-refractivity contribution in [1.29, 1.82) is 0 Å². The molecule has 0 aliphatic rings. The third-order valence-corrected chi connectivity index (χ3v) is 5.82. The Morgan fingerprint density at radius 2 is 1.72 bits per heavy atom. The van der Waals surface area contributed by atoms with E-state index in [-0.39, 0.29) is 5.91 Å². The van der Waals surface area contributed by atoms with Gasteiger partial charge in [-0.3, -0.25) is 4.79 Å². The quantitative estimate of drug-likeness (QED) is 0.417. The number of benzene rings is 2. The van der Waals surface area contributed by atoms with Crippen LogP contribution in [0, 0.1) is 0 Å². The van der Waals surface area contributed by atoms with Crippen LogP contribution in [0.1, 0.15) is 20.0 Å². The van der Waals surface area contributed by atoms with E-state index in [1.165, 1.54) is 18.4 Å². The molecule has 162 valence electrons. The second-order valence-corrected chi connectivity index (χ2v) is 7.67. The number of nitrogens with one attached hydrogen (secondary N) is 1. The Balaban J connectivity index is 1.79. The molecule has 0 radical (unpaired) electrons. The molecular weight excluding hydrogens is 428 g/mol. The van der Waals surface area contributed by atoms with Gasteiger partial charge in [0, 0.05) is 10.9 Å². The van der Waals surface area contributed by atoms with Crippen LogP contribution in [-0.2, 0) is 4.74 Å². The van der Waals surface area contributed by atoms with Crippen molar-refractivity contribution in [3.05, 3.63) is 70.4 Å². The highest BCUT2D eigenvalue weighted by atomic mass is 32.1. The number of rotatable bonds is 6. The molecular formula is C24H20N2O5S. The molecule has 0 fully saturated rings. The number of hydrogen-bond donors (Lipinski definition) is 1. The van der Waals surface area contributed by atoms with Crippen molar-refractivity contribution in [1.82, 2.24) is 4.98 Å². The van der Waals surface area contributed by atoms with Crippen molar-refractivity contribution >= 4 is 39.8 Å². The van der Waals surface area contributed by atoms with Gasteiger partial charge in [0.15, 0.2) is 11.5 Å². The molecule has 4 aromatic rings. The van der Waals surface area contributed by atoms with Gasteiger partial charge < -0.3 is 19.5 Å². The van der Waals surface area contributed by atoms with E-state index < -0.39 is 5.97 Å². The van der Waals surface area contributed by atoms with Crippen molar-refractivity contribution in [2.75, 3.05) is 26.6 Å². The van der Waals surface area contributed by atoms with E-state index in [0.717, 1.165) is 5.56 Å². The number of amides is 1. The molecule has 7 nitrogen and oxygen atoms in total. The van der Waals surface area contributed by atoms with Gasteiger partial charge in [0.1, 0.15) is 4.88 Å². The minimum Gasteiger partial charge on any atom is -0.493 e. The summed E-state index contributed by atoms with van der Waals surface area (Å²) in [6.07, 6.45) is 0. The summed E-state index contributed by atoms with van der Waals surface area (Å²) in [4.78, 5) is 30.3. The first-order chi connectivity index (χ1) is 15.5. The minimum atomic E-state index is -0.499. The van der Waals surface area contributed by atoms with Crippen LogP contribution in [0.2, 0.25) is 0 Å². The second kappa shape index (κ2) is 9.07. The average molecular weight is 449 g/mol. The maximum atomic E-state index is 13.3. The smallest absolute Gasteiger partial charge is 0.350 e. The zero-order valence-corrected chi connectivity index (χ0v) is 18.5. The van der Waals surface area contributed by atoms with Gasteiger partial charge >= 0.3 is 5.97 Å². The predicted molar refractivity (Wildman–Crippen MR) is 124 cm³/mol. The number of para-hydroxylation sites is 1. The normalized spacial score (nSPS) is 10.6. The Bertz CT molecular complexity index is 1310. The van der Waals surface area contributed by atoms with Gasteiger partial charge in [0.25, 0.3) is 5.91 Å². The van der Waals surface area contributed by atoms with Gasteiger partial charge in [-0.1, -0.05) is 18.2 Å². The zero-order chi connectivity index (χ0) is 22.7. The number of ether oxygens (including phenoxy) is 3. The van der Waals surface area contributed by atoms with E-state index >= 15 is 0 Å². The molecule has 1 amide bonds. The fraction of sp³-hybridized carbons (Fsp3) is 0.125. The number of fused-ring (bicyclic) bond motifs is 1. The molecule has 32 heavy (non-hydrogen) atoms. The summed E-state index contributed by atoms with van der Waals surface area (Å²) in [7, 11) is 4.44. The summed E-state index contributed by atoms with van der Waals surface area (Å²) in [6.45, 7) is 0. The van der Waals surface area contributed by atoms with Crippen LogP contribution in [0.15, 0.2) is 60.0 Å².